The third kappa shape index (κ3) is 2.64. The number of H-pyrrole nitrogens is 1. The summed E-state index contributed by atoms with van der Waals surface area (Å²) in [6.45, 7) is 0.679. The molecule has 0 radical (unpaired) electrons. The summed E-state index contributed by atoms with van der Waals surface area (Å²) in [6.07, 6.45) is 0.735. The summed E-state index contributed by atoms with van der Waals surface area (Å²) in [6, 6.07) is 14.8. The number of aromatic amines is 1. The van der Waals surface area contributed by atoms with Crippen molar-refractivity contribution in [3.8, 4) is 0 Å². The molecule has 1 fully saturated rings. The first-order valence-corrected chi connectivity index (χ1v) is 7.87. The van der Waals surface area contributed by atoms with Gasteiger partial charge in [0.15, 0.2) is 0 Å². The third-order valence-electron chi connectivity index (χ3n) is 4.04. The van der Waals surface area contributed by atoms with Crippen LogP contribution in [0.25, 0.3) is 11.0 Å². The zero-order valence-corrected chi connectivity index (χ0v) is 13.0. The molecule has 5 nitrogen and oxygen atoms in total. The number of hydrogen-bond donors (Lipinski definition) is 2. The highest BCUT2D eigenvalue weighted by Gasteiger charge is 2.33. The van der Waals surface area contributed by atoms with Gasteiger partial charge in [-0.1, -0.05) is 23.7 Å². The number of carbonyl (C=O) groups is 1. The van der Waals surface area contributed by atoms with Gasteiger partial charge in [0, 0.05) is 17.3 Å². The van der Waals surface area contributed by atoms with Crippen molar-refractivity contribution in [2.75, 3.05) is 16.8 Å². The summed E-state index contributed by atoms with van der Waals surface area (Å²) in [5.41, 5.74) is 2.71. The number of carbonyl (C=O) groups excluding carboxylic acids is 1. The van der Waals surface area contributed by atoms with E-state index >= 15 is 0 Å². The molecule has 1 aromatic heterocycles. The number of imidazole rings is 1. The van der Waals surface area contributed by atoms with Gasteiger partial charge in [0.05, 0.1) is 11.0 Å². The molecule has 1 amide bonds. The molecule has 6 heteroatoms. The first-order chi connectivity index (χ1) is 11.2. The van der Waals surface area contributed by atoms with Gasteiger partial charge in [0.25, 0.3) is 0 Å². The predicted molar refractivity (Wildman–Crippen MR) is 91.9 cm³/mol. The van der Waals surface area contributed by atoms with Crippen LogP contribution in [0.2, 0.25) is 5.02 Å². The fraction of sp³-hybridized carbons (Fsp3) is 0.176. The number of rotatable bonds is 3. The number of hydrogen-bond acceptors (Lipinski definition) is 3. The minimum atomic E-state index is -0.272. The summed E-state index contributed by atoms with van der Waals surface area (Å²) >= 11 is 5.90. The van der Waals surface area contributed by atoms with Crippen molar-refractivity contribution in [2.24, 2.45) is 0 Å². The second kappa shape index (κ2) is 5.59. The molecule has 0 aliphatic carbocycles. The number of anilines is 2. The van der Waals surface area contributed by atoms with Crippen molar-refractivity contribution in [2.45, 2.75) is 12.5 Å². The minimum Gasteiger partial charge on any atom is -0.344 e. The van der Waals surface area contributed by atoms with Gasteiger partial charge in [-0.2, -0.15) is 0 Å². The second-order valence-electron chi connectivity index (χ2n) is 5.55. The van der Waals surface area contributed by atoms with Gasteiger partial charge in [0.1, 0.15) is 6.04 Å². The van der Waals surface area contributed by atoms with E-state index in [1.54, 1.807) is 17.0 Å². The Balaban J connectivity index is 1.52. The van der Waals surface area contributed by atoms with E-state index in [-0.39, 0.29) is 11.9 Å². The lowest BCUT2D eigenvalue weighted by atomic mass is 10.2. The molecule has 1 atom stereocenters. The number of fused-ring (bicyclic) bond motifs is 1. The summed E-state index contributed by atoms with van der Waals surface area (Å²) in [4.78, 5) is 22.0. The Morgan fingerprint density at radius 1 is 1.17 bits per heavy atom. The zero-order chi connectivity index (χ0) is 15.8. The van der Waals surface area contributed by atoms with Crippen LogP contribution in [0.15, 0.2) is 48.5 Å². The fourth-order valence-electron chi connectivity index (χ4n) is 2.88. The number of nitrogens with one attached hydrogen (secondary N) is 2. The molecule has 3 aromatic rings. The standard InChI is InChI=1S/C17H15ClN4O/c18-11-5-7-12(8-6-11)22-10-9-15(16(22)23)21-17-19-13-3-1-2-4-14(13)20-17/h1-8,15H,9-10H2,(H2,19,20,21). The average Bonchev–Trinajstić information content (AvgIpc) is 3.12. The van der Waals surface area contributed by atoms with Crippen LogP contribution < -0.4 is 10.2 Å². The minimum absolute atomic E-state index is 0.0489. The highest BCUT2D eigenvalue weighted by molar-refractivity contribution is 6.30. The first-order valence-electron chi connectivity index (χ1n) is 7.49. The predicted octanol–water partition coefficient (Wildman–Crippen LogP) is 3.43. The SMILES string of the molecule is O=C1C(Nc2nc3ccccc3[nH]2)CCN1c1ccc(Cl)cc1. The van der Waals surface area contributed by atoms with E-state index < -0.39 is 0 Å². The van der Waals surface area contributed by atoms with Crippen molar-refractivity contribution in [3.05, 3.63) is 53.6 Å². The van der Waals surface area contributed by atoms with Gasteiger partial charge in [-0.15, -0.1) is 0 Å². The molecular weight excluding hydrogens is 312 g/mol. The summed E-state index contributed by atoms with van der Waals surface area (Å²) in [7, 11) is 0. The van der Waals surface area contributed by atoms with Crippen molar-refractivity contribution >= 4 is 40.2 Å². The van der Waals surface area contributed by atoms with E-state index in [0.29, 0.717) is 17.5 Å². The van der Waals surface area contributed by atoms with Gasteiger partial charge in [-0.05, 0) is 42.8 Å². The molecule has 1 unspecified atom stereocenters. The number of benzene rings is 2. The van der Waals surface area contributed by atoms with Crippen LogP contribution in [0.4, 0.5) is 11.6 Å². The van der Waals surface area contributed by atoms with Crippen molar-refractivity contribution < 1.29 is 4.79 Å². The molecule has 0 spiro atoms. The average molecular weight is 327 g/mol. The lowest BCUT2D eigenvalue weighted by Gasteiger charge is -2.17. The van der Waals surface area contributed by atoms with Crippen LogP contribution >= 0.6 is 11.6 Å². The smallest absolute Gasteiger partial charge is 0.249 e. The quantitative estimate of drug-likeness (QED) is 0.775. The Morgan fingerprint density at radius 2 is 1.96 bits per heavy atom. The molecule has 2 aromatic carbocycles. The topological polar surface area (TPSA) is 61.0 Å². The Morgan fingerprint density at radius 3 is 2.74 bits per heavy atom. The van der Waals surface area contributed by atoms with E-state index in [1.807, 2.05) is 36.4 Å². The van der Waals surface area contributed by atoms with Gasteiger partial charge in [-0.3, -0.25) is 4.79 Å². The lowest BCUT2D eigenvalue weighted by molar-refractivity contribution is -0.117. The van der Waals surface area contributed by atoms with Crippen LogP contribution in [0.3, 0.4) is 0 Å². The van der Waals surface area contributed by atoms with Gasteiger partial charge in [-0.25, -0.2) is 4.98 Å². The normalized spacial score (nSPS) is 17.9. The summed E-state index contributed by atoms with van der Waals surface area (Å²) < 4.78 is 0. The molecular formula is C17H15ClN4O. The number of halogens is 1. The monoisotopic (exact) mass is 326 g/mol. The Bertz CT molecular complexity index is 825. The maximum absolute atomic E-state index is 12.6. The molecule has 4 rings (SSSR count). The number of nitrogens with zero attached hydrogens (tertiary/aromatic N) is 2. The highest BCUT2D eigenvalue weighted by Crippen LogP contribution is 2.25. The zero-order valence-electron chi connectivity index (χ0n) is 12.3. The van der Waals surface area contributed by atoms with E-state index in [9.17, 15) is 4.79 Å². The summed E-state index contributed by atoms with van der Waals surface area (Å²) in [5.74, 6) is 0.676. The van der Waals surface area contributed by atoms with E-state index in [4.69, 9.17) is 11.6 Å². The first kappa shape index (κ1) is 14.1. The number of amides is 1. The number of aromatic nitrogens is 2. The van der Waals surface area contributed by atoms with Crippen LogP contribution in [0, 0.1) is 0 Å². The van der Waals surface area contributed by atoms with Crippen LogP contribution in [-0.2, 0) is 4.79 Å². The molecule has 0 saturated carbocycles. The van der Waals surface area contributed by atoms with Crippen LogP contribution in [0.5, 0.6) is 0 Å². The summed E-state index contributed by atoms with van der Waals surface area (Å²) in [5, 5.41) is 3.87. The van der Waals surface area contributed by atoms with Crippen LogP contribution in [0.1, 0.15) is 6.42 Å². The van der Waals surface area contributed by atoms with Crippen LogP contribution in [-0.4, -0.2) is 28.5 Å². The fourth-order valence-corrected chi connectivity index (χ4v) is 3.00. The van der Waals surface area contributed by atoms with Crippen molar-refractivity contribution in [1.82, 2.24) is 9.97 Å². The number of para-hydroxylation sites is 2. The molecule has 1 aliphatic heterocycles. The Labute approximate surface area is 138 Å². The maximum Gasteiger partial charge on any atom is 0.249 e. The Kier molecular flexibility index (Phi) is 3.42. The largest absolute Gasteiger partial charge is 0.344 e. The molecule has 23 heavy (non-hydrogen) atoms. The van der Waals surface area contributed by atoms with Gasteiger partial charge >= 0.3 is 0 Å². The molecule has 0 bridgehead atoms. The molecule has 1 saturated heterocycles. The van der Waals surface area contributed by atoms with Gasteiger partial charge in [0.2, 0.25) is 11.9 Å². The Hall–Kier alpha value is -2.53. The highest BCUT2D eigenvalue weighted by atomic mass is 35.5. The molecule has 2 heterocycles. The third-order valence-corrected chi connectivity index (χ3v) is 4.30. The lowest BCUT2D eigenvalue weighted by Crippen LogP contribution is -2.33. The van der Waals surface area contributed by atoms with E-state index in [0.717, 1.165) is 23.1 Å². The molecule has 1 aliphatic rings. The maximum atomic E-state index is 12.6. The molecule has 2 N–H and O–H groups in total. The molecule has 116 valence electrons. The van der Waals surface area contributed by atoms with E-state index in [2.05, 4.69) is 15.3 Å². The van der Waals surface area contributed by atoms with E-state index in [1.165, 1.54) is 0 Å². The van der Waals surface area contributed by atoms with Crippen molar-refractivity contribution in [3.63, 3.8) is 0 Å². The van der Waals surface area contributed by atoms with Gasteiger partial charge < -0.3 is 15.2 Å². The van der Waals surface area contributed by atoms with Crippen molar-refractivity contribution in [1.29, 1.82) is 0 Å². The second-order valence-corrected chi connectivity index (χ2v) is 5.99.